The van der Waals surface area contributed by atoms with E-state index in [-0.39, 0.29) is 24.4 Å². The lowest BCUT2D eigenvalue weighted by atomic mass is 10.1. The second-order valence-corrected chi connectivity index (χ2v) is 6.55. The van der Waals surface area contributed by atoms with E-state index < -0.39 is 11.6 Å². The Labute approximate surface area is 159 Å². The van der Waals surface area contributed by atoms with E-state index in [1.54, 1.807) is 34.8 Å². The van der Waals surface area contributed by atoms with Crippen LogP contribution >= 0.6 is 0 Å². The standard InChI is InChI=1S/C19H18F2N4O3/c1-24-18-8-12(2-5-17(18)22-23-24)19(26)25-6-7-27-14(10-25)11-28-13-3-4-15(20)16(21)9-13/h2-5,8-9,14H,6-7,10-11H2,1H3. The van der Waals surface area contributed by atoms with Crippen LogP contribution in [0.2, 0.25) is 0 Å². The maximum Gasteiger partial charge on any atom is 0.254 e. The Morgan fingerprint density at radius 3 is 2.93 bits per heavy atom. The largest absolute Gasteiger partial charge is 0.491 e. The molecule has 2 heterocycles. The number of rotatable bonds is 4. The number of halogens is 2. The van der Waals surface area contributed by atoms with Crippen molar-refractivity contribution in [1.82, 2.24) is 19.9 Å². The summed E-state index contributed by atoms with van der Waals surface area (Å²) in [5, 5.41) is 7.95. The lowest BCUT2D eigenvalue weighted by molar-refractivity contribution is -0.0401. The van der Waals surface area contributed by atoms with E-state index in [2.05, 4.69) is 10.3 Å². The molecule has 0 N–H and O–H groups in total. The summed E-state index contributed by atoms with van der Waals surface area (Å²) in [6.45, 7) is 1.29. The van der Waals surface area contributed by atoms with E-state index in [1.807, 2.05) is 0 Å². The highest BCUT2D eigenvalue weighted by Gasteiger charge is 2.26. The minimum Gasteiger partial charge on any atom is -0.491 e. The van der Waals surface area contributed by atoms with Crippen LogP contribution in [0.25, 0.3) is 11.0 Å². The van der Waals surface area contributed by atoms with Crippen LogP contribution in [-0.4, -0.2) is 58.2 Å². The van der Waals surface area contributed by atoms with Gasteiger partial charge in [-0.2, -0.15) is 0 Å². The third-order valence-electron chi connectivity index (χ3n) is 4.61. The molecule has 0 aliphatic carbocycles. The van der Waals surface area contributed by atoms with Crippen LogP contribution in [0.5, 0.6) is 5.75 Å². The molecule has 0 saturated carbocycles. The van der Waals surface area contributed by atoms with Gasteiger partial charge in [-0.05, 0) is 30.3 Å². The third kappa shape index (κ3) is 3.65. The van der Waals surface area contributed by atoms with Crippen LogP contribution < -0.4 is 4.74 Å². The number of ether oxygens (including phenoxy) is 2. The molecule has 3 aromatic rings. The van der Waals surface area contributed by atoms with E-state index >= 15 is 0 Å². The minimum absolute atomic E-state index is 0.121. The van der Waals surface area contributed by atoms with Gasteiger partial charge in [0.15, 0.2) is 11.6 Å². The molecule has 7 nitrogen and oxygen atoms in total. The molecule has 0 radical (unpaired) electrons. The van der Waals surface area contributed by atoms with Gasteiger partial charge in [-0.15, -0.1) is 5.10 Å². The Kier molecular flexibility index (Phi) is 4.91. The van der Waals surface area contributed by atoms with E-state index in [1.165, 1.54) is 6.07 Å². The minimum atomic E-state index is -0.973. The third-order valence-corrected chi connectivity index (χ3v) is 4.61. The summed E-state index contributed by atoms with van der Waals surface area (Å²) in [6, 6.07) is 8.59. The molecule has 1 saturated heterocycles. The van der Waals surface area contributed by atoms with Crippen LogP contribution in [0.4, 0.5) is 8.78 Å². The van der Waals surface area contributed by atoms with Crippen molar-refractivity contribution in [3.05, 3.63) is 53.6 Å². The highest BCUT2D eigenvalue weighted by Crippen LogP contribution is 2.18. The number of hydrogen-bond acceptors (Lipinski definition) is 5. The average Bonchev–Trinajstić information content (AvgIpc) is 3.09. The van der Waals surface area contributed by atoms with Crippen LogP contribution in [0.1, 0.15) is 10.4 Å². The topological polar surface area (TPSA) is 69.5 Å². The van der Waals surface area contributed by atoms with Crippen molar-refractivity contribution in [1.29, 1.82) is 0 Å². The van der Waals surface area contributed by atoms with Crippen molar-refractivity contribution in [2.45, 2.75) is 6.10 Å². The second-order valence-electron chi connectivity index (χ2n) is 6.55. The van der Waals surface area contributed by atoms with Crippen molar-refractivity contribution in [3.8, 4) is 5.75 Å². The van der Waals surface area contributed by atoms with Crippen LogP contribution in [0.3, 0.4) is 0 Å². The van der Waals surface area contributed by atoms with Gasteiger partial charge < -0.3 is 14.4 Å². The number of aryl methyl sites for hydroxylation is 1. The Morgan fingerprint density at radius 2 is 2.11 bits per heavy atom. The fourth-order valence-electron chi connectivity index (χ4n) is 3.11. The fourth-order valence-corrected chi connectivity index (χ4v) is 3.11. The van der Waals surface area contributed by atoms with E-state index in [0.29, 0.717) is 25.3 Å². The van der Waals surface area contributed by atoms with Crippen molar-refractivity contribution in [2.24, 2.45) is 7.05 Å². The average molecular weight is 388 g/mol. The van der Waals surface area contributed by atoms with Gasteiger partial charge in [-0.25, -0.2) is 13.5 Å². The summed E-state index contributed by atoms with van der Waals surface area (Å²) in [6.07, 6.45) is -0.368. The number of aromatic nitrogens is 3. The molecule has 1 aromatic heterocycles. The van der Waals surface area contributed by atoms with Crippen molar-refractivity contribution < 1.29 is 23.0 Å². The molecular formula is C19H18F2N4O3. The highest BCUT2D eigenvalue weighted by atomic mass is 19.2. The molecule has 0 bridgehead atoms. The first-order chi connectivity index (χ1) is 13.5. The van der Waals surface area contributed by atoms with E-state index in [0.717, 1.165) is 23.2 Å². The number of benzene rings is 2. The number of fused-ring (bicyclic) bond motifs is 1. The summed E-state index contributed by atoms with van der Waals surface area (Å²) in [4.78, 5) is 14.6. The summed E-state index contributed by atoms with van der Waals surface area (Å²) in [7, 11) is 1.77. The number of carbonyl (C=O) groups excluding carboxylic acids is 1. The first kappa shape index (κ1) is 18.3. The molecule has 1 atom stereocenters. The van der Waals surface area contributed by atoms with Gasteiger partial charge in [-0.1, -0.05) is 5.21 Å². The molecule has 1 unspecified atom stereocenters. The van der Waals surface area contributed by atoms with Crippen LogP contribution in [0.15, 0.2) is 36.4 Å². The van der Waals surface area contributed by atoms with Gasteiger partial charge in [0.05, 0.1) is 18.7 Å². The smallest absolute Gasteiger partial charge is 0.254 e. The summed E-state index contributed by atoms with van der Waals surface area (Å²) in [5.41, 5.74) is 2.04. The molecule has 1 aliphatic rings. The van der Waals surface area contributed by atoms with E-state index in [9.17, 15) is 13.6 Å². The molecule has 1 amide bonds. The van der Waals surface area contributed by atoms with Gasteiger partial charge in [0.25, 0.3) is 5.91 Å². The molecule has 1 fully saturated rings. The number of amides is 1. The monoisotopic (exact) mass is 388 g/mol. The molecule has 2 aromatic carbocycles. The first-order valence-corrected chi connectivity index (χ1v) is 8.79. The maximum atomic E-state index is 13.3. The van der Waals surface area contributed by atoms with Gasteiger partial charge in [0.2, 0.25) is 0 Å². The zero-order valence-corrected chi connectivity index (χ0v) is 15.1. The number of morpholine rings is 1. The molecule has 146 valence electrons. The summed E-state index contributed by atoms with van der Waals surface area (Å²) < 4.78 is 39.0. The SMILES string of the molecule is Cn1nnc2ccc(C(=O)N3CCOC(COc4ccc(F)c(F)c4)C3)cc21. The van der Waals surface area contributed by atoms with Crippen molar-refractivity contribution in [2.75, 3.05) is 26.3 Å². The molecule has 28 heavy (non-hydrogen) atoms. The van der Waals surface area contributed by atoms with Crippen LogP contribution in [0, 0.1) is 11.6 Å². The lowest BCUT2D eigenvalue weighted by Crippen LogP contribution is -2.47. The maximum absolute atomic E-state index is 13.3. The molecule has 0 spiro atoms. The quantitative estimate of drug-likeness (QED) is 0.685. The second kappa shape index (κ2) is 7.51. The van der Waals surface area contributed by atoms with Crippen LogP contribution in [-0.2, 0) is 11.8 Å². The fraction of sp³-hybridized carbons (Fsp3) is 0.316. The van der Waals surface area contributed by atoms with Gasteiger partial charge >= 0.3 is 0 Å². The summed E-state index contributed by atoms with van der Waals surface area (Å²) in [5.74, 6) is -1.82. The van der Waals surface area contributed by atoms with Crippen molar-refractivity contribution in [3.63, 3.8) is 0 Å². The Bertz CT molecular complexity index is 1020. The van der Waals surface area contributed by atoms with E-state index in [4.69, 9.17) is 9.47 Å². The number of carbonyl (C=O) groups is 1. The molecule has 1 aliphatic heterocycles. The Hall–Kier alpha value is -3.07. The summed E-state index contributed by atoms with van der Waals surface area (Å²) >= 11 is 0. The number of nitrogens with zero attached hydrogens (tertiary/aromatic N) is 4. The Morgan fingerprint density at radius 1 is 1.25 bits per heavy atom. The molecule has 9 heteroatoms. The molecular weight excluding hydrogens is 370 g/mol. The van der Waals surface area contributed by atoms with Gasteiger partial charge in [-0.3, -0.25) is 4.79 Å². The zero-order valence-electron chi connectivity index (χ0n) is 15.1. The zero-order chi connectivity index (χ0) is 19.7. The predicted molar refractivity (Wildman–Crippen MR) is 96.0 cm³/mol. The van der Waals surface area contributed by atoms with Gasteiger partial charge in [0.1, 0.15) is 24.0 Å². The predicted octanol–water partition coefficient (Wildman–Crippen LogP) is 2.17. The first-order valence-electron chi connectivity index (χ1n) is 8.79. The number of hydrogen-bond donors (Lipinski definition) is 0. The van der Waals surface area contributed by atoms with Crippen molar-refractivity contribution >= 4 is 16.9 Å². The Balaban J connectivity index is 1.41. The van der Waals surface area contributed by atoms with Gasteiger partial charge in [0, 0.05) is 25.2 Å². The normalized spacial score (nSPS) is 17.1. The molecule has 4 rings (SSSR count). The lowest BCUT2D eigenvalue weighted by Gasteiger charge is -2.33. The highest BCUT2D eigenvalue weighted by molar-refractivity contribution is 5.97.